The molecule has 2 rings (SSSR count). The van der Waals surface area contributed by atoms with Gasteiger partial charge in [0.25, 0.3) is 0 Å². The highest BCUT2D eigenvalue weighted by Gasteiger charge is 2.30. The molecule has 0 bridgehead atoms. The number of carbonyl (C=O) groups excluding carboxylic acids is 1. The molecule has 0 radical (unpaired) electrons. The molecular formula is C12H13ClN4O. The van der Waals surface area contributed by atoms with Gasteiger partial charge in [-0.1, -0.05) is 16.7 Å². The Hall–Kier alpha value is -1.71. The van der Waals surface area contributed by atoms with Gasteiger partial charge in [-0.05, 0) is 42.1 Å². The molecule has 1 fully saturated rings. The van der Waals surface area contributed by atoms with Crippen molar-refractivity contribution in [2.75, 3.05) is 18.0 Å². The predicted octanol–water partition coefficient (Wildman–Crippen LogP) is 3.31. The monoisotopic (exact) mass is 264 g/mol. The summed E-state index contributed by atoms with van der Waals surface area (Å²) in [7, 11) is 0. The highest BCUT2D eigenvalue weighted by molar-refractivity contribution is 6.31. The molecule has 18 heavy (non-hydrogen) atoms. The Balaban J connectivity index is 2.18. The van der Waals surface area contributed by atoms with Gasteiger partial charge in [0.2, 0.25) is 5.91 Å². The quantitative estimate of drug-likeness (QED) is 0.469. The lowest BCUT2D eigenvalue weighted by Crippen LogP contribution is -2.24. The van der Waals surface area contributed by atoms with E-state index < -0.39 is 0 Å². The minimum absolute atomic E-state index is 0.0507. The normalized spacial score (nSPS) is 18.9. The van der Waals surface area contributed by atoms with Crippen molar-refractivity contribution in [3.05, 3.63) is 39.2 Å². The van der Waals surface area contributed by atoms with E-state index in [0.717, 1.165) is 11.3 Å². The molecule has 1 unspecified atom stereocenters. The fourth-order valence-electron chi connectivity index (χ4n) is 2.18. The summed E-state index contributed by atoms with van der Waals surface area (Å²) in [6, 6.07) is 5.56. The standard InChI is InChI=1S/C12H13ClN4O/c1-8-2-10(13)5-11(3-8)17-7-9(4-12(17)18)6-15-16-14/h2-3,5,9H,4,6-7H2,1H3. The maximum Gasteiger partial charge on any atom is 0.227 e. The average molecular weight is 265 g/mol. The fraction of sp³-hybridized carbons (Fsp3) is 0.417. The number of halogens is 1. The molecule has 0 N–H and O–H groups in total. The van der Waals surface area contributed by atoms with Crippen LogP contribution < -0.4 is 4.90 Å². The maximum atomic E-state index is 11.9. The second-order valence-electron chi connectivity index (χ2n) is 4.47. The molecule has 0 aliphatic carbocycles. The van der Waals surface area contributed by atoms with Gasteiger partial charge in [0.1, 0.15) is 0 Å². The maximum absolute atomic E-state index is 11.9. The number of anilines is 1. The molecule has 0 spiro atoms. The number of hydrogen-bond donors (Lipinski definition) is 0. The first-order chi connectivity index (χ1) is 8.60. The van der Waals surface area contributed by atoms with Crippen LogP contribution in [0.25, 0.3) is 10.4 Å². The minimum Gasteiger partial charge on any atom is -0.312 e. The summed E-state index contributed by atoms with van der Waals surface area (Å²) in [6.45, 7) is 2.88. The van der Waals surface area contributed by atoms with E-state index in [4.69, 9.17) is 17.1 Å². The van der Waals surface area contributed by atoms with Gasteiger partial charge in [-0.25, -0.2) is 0 Å². The lowest BCUT2D eigenvalue weighted by Gasteiger charge is -2.17. The summed E-state index contributed by atoms with van der Waals surface area (Å²) in [5.41, 5.74) is 10.1. The van der Waals surface area contributed by atoms with Crippen molar-refractivity contribution < 1.29 is 4.79 Å². The second-order valence-corrected chi connectivity index (χ2v) is 4.91. The molecule has 94 valence electrons. The highest BCUT2D eigenvalue weighted by Crippen LogP contribution is 2.28. The first-order valence-electron chi connectivity index (χ1n) is 5.68. The van der Waals surface area contributed by atoms with Gasteiger partial charge < -0.3 is 4.90 Å². The molecule has 1 aliphatic heterocycles. The number of hydrogen-bond acceptors (Lipinski definition) is 2. The van der Waals surface area contributed by atoms with Gasteiger partial charge in [-0.3, -0.25) is 4.79 Å². The zero-order chi connectivity index (χ0) is 13.1. The van der Waals surface area contributed by atoms with Gasteiger partial charge >= 0.3 is 0 Å². The Kier molecular flexibility index (Phi) is 3.75. The highest BCUT2D eigenvalue weighted by atomic mass is 35.5. The number of amides is 1. The van der Waals surface area contributed by atoms with Crippen LogP contribution in [0.2, 0.25) is 5.02 Å². The predicted molar refractivity (Wildman–Crippen MR) is 70.7 cm³/mol. The molecule has 5 nitrogen and oxygen atoms in total. The molecule has 1 atom stereocenters. The first kappa shape index (κ1) is 12.7. The van der Waals surface area contributed by atoms with Crippen LogP contribution >= 0.6 is 11.6 Å². The third kappa shape index (κ3) is 2.75. The second kappa shape index (κ2) is 5.29. The lowest BCUT2D eigenvalue weighted by molar-refractivity contribution is -0.117. The van der Waals surface area contributed by atoms with E-state index in [1.807, 2.05) is 19.1 Å². The fourth-order valence-corrected chi connectivity index (χ4v) is 2.46. The van der Waals surface area contributed by atoms with Gasteiger partial charge in [-0.2, -0.15) is 0 Å². The number of azide groups is 1. The van der Waals surface area contributed by atoms with Crippen LogP contribution in [0.3, 0.4) is 0 Å². The van der Waals surface area contributed by atoms with E-state index in [1.165, 1.54) is 0 Å². The summed E-state index contributed by atoms with van der Waals surface area (Å²) in [4.78, 5) is 16.3. The summed E-state index contributed by atoms with van der Waals surface area (Å²) < 4.78 is 0. The number of carbonyl (C=O) groups is 1. The summed E-state index contributed by atoms with van der Waals surface area (Å²) in [5, 5.41) is 4.15. The molecule has 0 aromatic heterocycles. The largest absolute Gasteiger partial charge is 0.312 e. The topological polar surface area (TPSA) is 69.1 Å². The smallest absolute Gasteiger partial charge is 0.227 e. The van der Waals surface area contributed by atoms with Gasteiger partial charge in [0, 0.05) is 35.1 Å². The average Bonchev–Trinajstić information content (AvgIpc) is 2.66. The summed E-state index contributed by atoms with van der Waals surface area (Å²) >= 11 is 5.99. The number of rotatable bonds is 3. The van der Waals surface area contributed by atoms with Crippen LogP contribution in [0.5, 0.6) is 0 Å². The molecule has 1 heterocycles. The van der Waals surface area contributed by atoms with Crippen molar-refractivity contribution in [2.24, 2.45) is 11.0 Å². The minimum atomic E-state index is 0.0507. The van der Waals surface area contributed by atoms with Crippen molar-refractivity contribution in [1.29, 1.82) is 0 Å². The van der Waals surface area contributed by atoms with E-state index in [1.54, 1.807) is 11.0 Å². The van der Waals surface area contributed by atoms with Crippen LogP contribution in [0.15, 0.2) is 23.3 Å². The third-order valence-electron chi connectivity index (χ3n) is 2.95. The molecule has 6 heteroatoms. The zero-order valence-electron chi connectivity index (χ0n) is 10.0. The summed E-state index contributed by atoms with van der Waals surface area (Å²) in [6.07, 6.45) is 0.421. The summed E-state index contributed by atoms with van der Waals surface area (Å²) in [5.74, 6) is 0.141. The van der Waals surface area contributed by atoms with Crippen LogP contribution in [-0.4, -0.2) is 19.0 Å². The van der Waals surface area contributed by atoms with E-state index in [-0.39, 0.29) is 11.8 Å². The number of nitrogens with zero attached hydrogens (tertiary/aromatic N) is 4. The van der Waals surface area contributed by atoms with E-state index in [2.05, 4.69) is 10.0 Å². The molecule has 1 saturated heterocycles. The van der Waals surface area contributed by atoms with Crippen molar-refractivity contribution in [2.45, 2.75) is 13.3 Å². The van der Waals surface area contributed by atoms with Crippen LogP contribution in [0.1, 0.15) is 12.0 Å². The van der Waals surface area contributed by atoms with Crippen molar-refractivity contribution in [1.82, 2.24) is 0 Å². The van der Waals surface area contributed by atoms with Gasteiger partial charge in [0.05, 0.1) is 0 Å². The number of benzene rings is 1. The number of aryl methyl sites for hydroxylation is 1. The van der Waals surface area contributed by atoms with E-state index >= 15 is 0 Å². The van der Waals surface area contributed by atoms with Gasteiger partial charge in [0.15, 0.2) is 0 Å². The molecule has 1 amide bonds. The molecule has 1 aromatic carbocycles. The Bertz CT molecular complexity index is 505. The zero-order valence-corrected chi connectivity index (χ0v) is 10.8. The Morgan fingerprint density at radius 2 is 2.33 bits per heavy atom. The van der Waals surface area contributed by atoms with Crippen molar-refractivity contribution in [3.8, 4) is 0 Å². The van der Waals surface area contributed by atoms with Crippen LogP contribution in [0.4, 0.5) is 5.69 Å². The van der Waals surface area contributed by atoms with E-state index in [9.17, 15) is 4.79 Å². The van der Waals surface area contributed by atoms with Crippen LogP contribution in [0, 0.1) is 12.8 Å². The molecular weight excluding hydrogens is 252 g/mol. The Morgan fingerprint density at radius 1 is 1.56 bits per heavy atom. The molecule has 0 saturated carbocycles. The SMILES string of the molecule is Cc1cc(Cl)cc(N2CC(CN=[N+]=[N-])CC2=O)c1. The molecule has 1 aliphatic rings. The van der Waals surface area contributed by atoms with Gasteiger partial charge in [-0.15, -0.1) is 0 Å². The van der Waals surface area contributed by atoms with E-state index in [0.29, 0.717) is 24.5 Å². The molecule has 1 aromatic rings. The van der Waals surface area contributed by atoms with Crippen molar-refractivity contribution >= 4 is 23.2 Å². The lowest BCUT2D eigenvalue weighted by atomic mass is 10.1. The third-order valence-corrected chi connectivity index (χ3v) is 3.16. The van der Waals surface area contributed by atoms with Crippen LogP contribution in [-0.2, 0) is 4.79 Å². The Labute approximate surface area is 110 Å². The first-order valence-corrected chi connectivity index (χ1v) is 6.06. The van der Waals surface area contributed by atoms with Crippen molar-refractivity contribution in [3.63, 3.8) is 0 Å². The Morgan fingerprint density at radius 3 is 3.00 bits per heavy atom.